The summed E-state index contributed by atoms with van der Waals surface area (Å²) in [5.41, 5.74) is 2.66. The van der Waals surface area contributed by atoms with E-state index >= 15 is 0 Å². The molecule has 2 aliphatic heterocycles. The van der Waals surface area contributed by atoms with Gasteiger partial charge in [0.05, 0.1) is 13.2 Å². The quantitative estimate of drug-likeness (QED) is 0.734. The number of rotatable bonds is 5. The van der Waals surface area contributed by atoms with E-state index in [0.717, 1.165) is 76.6 Å². The van der Waals surface area contributed by atoms with Gasteiger partial charge in [-0.1, -0.05) is 19.3 Å². The van der Waals surface area contributed by atoms with Crippen molar-refractivity contribution in [3.05, 3.63) is 29.3 Å². The molecule has 2 heterocycles. The number of benzene rings is 1. The van der Waals surface area contributed by atoms with Crippen molar-refractivity contribution in [3.8, 4) is 0 Å². The lowest BCUT2D eigenvalue weighted by atomic mass is 10.0. The van der Waals surface area contributed by atoms with E-state index in [1.807, 2.05) is 23.1 Å². The van der Waals surface area contributed by atoms with Crippen LogP contribution in [0.3, 0.4) is 0 Å². The Bertz CT molecular complexity index is 777. The van der Waals surface area contributed by atoms with Crippen LogP contribution in [0.4, 0.5) is 5.69 Å². The van der Waals surface area contributed by atoms with Crippen molar-refractivity contribution in [2.24, 2.45) is 0 Å². The van der Waals surface area contributed by atoms with Crippen molar-refractivity contribution >= 4 is 17.5 Å². The maximum absolute atomic E-state index is 12.9. The molecule has 33 heavy (non-hydrogen) atoms. The predicted molar refractivity (Wildman–Crippen MR) is 133 cm³/mol. The molecule has 0 spiro atoms. The summed E-state index contributed by atoms with van der Waals surface area (Å²) in [6, 6.07) is 6.23. The van der Waals surface area contributed by atoms with Crippen LogP contribution in [0.5, 0.6) is 0 Å². The lowest BCUT2D eigenvalue weighted by Crippen LogP contribution is -2.41. The fraction of sp³-hybridized carbons (Fsp3) is 0.692. The van der Waals surface area contributed by atoms with E-state index in [0.29, 0.717) is 18.2 Å². The van der Waals surface area contributed by atoms with E-state index in [1.165, 1.54) is 19.3 Å². The third-order valence-corrected chi connectivity index (χ3v) is 6.76. The van der Waals surface area contributed by atoms with E-state index in [-0.39, 0.29) is 11.8 Å². The maximum Gasteiger partial charge on any atom is 0.251 e. The van der Waals surface area contributed by atoms with Crippen molar-refractivity contribution in [2.75, 3.05) is 57.4 Å². The minimum atomic E-state index is -0.0531. The van der Waals surface area contributed by atoms with Gasteiger partial charge in [-0.3, -0.25) is 19.4 Å². The molecule has 0 unspecified atom stereocenters. The summed E-state index contributed by atoms with van der Waals surface area (Å²) in [4.78, 5) is 32.1. The normalized spacial score (nSPS) is 19.5. The maximum atomic E-state index is 12.9. The van der Waals surface area contributed by atoms with Crippen LogP contribution in [0.1, 0.15) is 68.8 Å². The Morgan fingerprint density at radius 1 is 1.00 bits per heavy atom. The highest BCUT2D eigenvalue weighted by atomic mass is 16.5. The molecule has 7 heteroatoms. The predicted octanol–water partition coefficient (Wildman–Crippen LogP) is 3.28. The Morgan fingerprint density at radius 3 is 2.39 bits per heavy atom. The Labute approximate surface area is 199 Å². The van der Waals surface area contributed by atoms with Crippen molar-refractivity contribution in [1.29, 1.82) is 0 Å². The van der Waals surface area contributed by atoms with E-state index in [4.69, 9.17) is 4.74 Å². The molecule has 1 fully saturated rings. The molecule has 0 atom stereocenters. The van der Waals surface area contributed by atoms with Crippen molar-refractivity contribution < 1.29 is 14.3 Å². The summed E-state index contributed by atoms with van der Waals surface area (Å²) >= 11 is 0. The number of carbonyl (C=O) groups is 2. The molecule has 184 valence electrons. The number of hydrogen-bond donors (Lipinski definition) is 1. The van der Waals surface area contributed by atoms with Gasteiger partial charge in [0.2, 0.25) is 5.91 Å². The highest BCUT2D eigenvalue weighted by molar-refractivity contribution is 5.97. The second-order valence-corrected chi connectivity index (χ2v) is 9.56. The van der Waals surface area contributed by atoms with E-state index in [1.54, 1.807) is 6.92 Å². The van der Waals surface area contributed by atoms with Crippen LogP contribution in [0.2, 0.25) is 0 Å². The smallest absolute Gasteiger partial charge is 0.251 e. The summed E-state index contributed by atoms with van der Waals surface area (Å²) < 4.78 is 5.39. The van der Waals surface area contributed by atoms with Crippen molar-refractivity contribution in [2.45, 2.75) is 65.5 Å². The topological polar surface area (TPSA) is 65.1 Å². The van der Waals surface area contributed by atoms with Gasteiger partial charge >= 0.3 is 0 Å². The number of anilines is 1. The molecule has 3 rings (SSSR count). The van der Waals surface area contributed by atoms with Gasteiger partial charge in [-0.2, -0.15) is 0 Å². The van der Waals surface area contributed by atoms with Gasteiger partial charge in [-0.05, 0) is 57.0 Å². The van der Waals surface area contributed by atoms with Gasteiger partial charge in [-0.15, -0.1) is 0 Å². The Kier molecular flexibility index (Phi) is 10.2. The first-order valence-electron chi connectivity index (χ1n) is 12.7. The Hall–Kier alpha value is -1.96. The van der Waals surface area contributed by atoms with Crippen LogP contribution in [0, 0.1) is 0 Å². The second kappa shape index (κ2) is 13.1. The van der Waals surface area contributed by atoms with Gasteiger partial charge in [0, 0.05) is 63.5 Å². The lowest BCUT2D eigenvalue weighted by Gasteiger charge is -2.31. The summed E-state index contributed by atoms with van der Waals surface area (Å²) in [6.45, 7) is 13.4. The van der Waals surface area contributed by atoms with E-state index in [2.05, 4.69) is 29.0 Å². The summed E-state index contributed by atoms with van der Waals surface area (Å²) in [5.74, 6) is 0.00904. The average Bonchev–Trinajstić information content (AvgIpc) is 2.79. The molecule has 0 aromatic heterocycles. The summed E-state index contributed by atoms with van der Waals surface area (Å²) in [7, 11) is 0. The molecular formula is C26H42N4O3. The van der Waals surface area contributed by atoms with Gasteiger partial charge in [0.15, 0.2) is 0 Å². The SMILES string of the molecule is CC(=O)N1CCCCCCCN(C(C)C)Cc2cc(C(=O)NCCN3CCOCC3)ccc21. The van der Waals surface area contributed by atoms with Gasteiger partial charge < -0.3 is 15.0 Å². The standard InChI is InChI=1S/C26H42N4O3/c1-21(2)29-12-7-5-4-6-8-13-30(22(3)31)25-10-9-23(19-24(25)20-29)26(32)27-11-14-28-15-17-33-18-16-28/h9-10,19,21H,4-8,11-18,20H2,1-3H3,(H,27,32). The van der Waals surface area contributed by atoms with Crippen molar-refractivity contribution in [1.82, 2.24) is 15.1 Å². The highest BCUT2D eigenvalue weighted by Gasteiger charge is 2.21. The minimum absolute atomic E-state index is 0.0531. The number of fused-ring (bicyclic) bond motifs is 1. The van der Waals surface area contributed by atoms with Crippen LogP contribution in [0.25, 0.3) is 0 Å². The van der Waals surface area contributed by atoms with Crippen LogP contribution < -0.4 is 10.2 Å². The first kappa shape index (κ1) is 25.7. The second-order valence-electron chi connectivity index (χ2n) is 9.56. The molecular weight excluding hydrogens is 416 g/mol. The van der Waals surface area contributed by atoms with Crippen molar-refractivity contribution in [3.63, 3.8) is 0 Å². The molecule has 0 bridgehead atoms. The fourth-order valence-corrected chi connectivity index (χ4v) is 4.67. The summed E-state index contributed by atoms with van der Waals surface area (Å²) in [6.07, 6.45) is 5.78. The van der Waals surface area contributed by atoms with Crippen LogP contribution in [-0.4, -0.2) is 80.1 Å². The first-order valence-corrected chi connectivity index (χ1v) is 12.7. The molecule has 2 aliphatic rings. The number of morpholine rings is 1. The lowest BCUT2D eigenvalue weighted by molar-refractivity contribution is -0.116. The van der Waals surface area contributed by atoms with Crippen LogP contribution >= 0.6 is 0 Å². The average molecular weight is 459 g/mol. The number of nitrogens with zero attached hydrogens (tertiary/aromatic N) is 3. The zero-order valence-corrected chi connectivity index (χ0v) is 20.8. The molecule has 0 saturated carbocycles. The molecule has 1 saturated heterocycles. The molecule has 7 nitrogen and oxygen atoms in total. The number of nitrogens with one attached hydrogen (secondary N) is 1. The molecule has 1 aromatic carbocycles. The fourth-order valence-electron chi connectivity index (χ4n) is 4.67. The largest absolute Gasteiger partial charge is 0.379 e. The number of carbonyl (C=O) groups excluding carboxylic acids is 2. The molecule has 0 radical (unpaired) electrons. The third kappa shape index (κ3) is 7.80. The van der Waals surface area contributed by atoms with Gasteiger partial charge in [-0.25, -0.2) is 0 Å². The summed E-state index contributed by atoms with van der Waals surface area (Å²) in [5, 5.41) is 3.07. The number of amides is 2. The molecule has 1 aromatic rings. The van der Waals surface area contributed by atoms with Gasteiger partial charge in [0.1, 0.15) is 0 Å². The molecule has 2 amide bonds. The monoisotopic (exact) mass is 458 g/mol. The zero-order chi connectivity index (χ0) is 23.6. The van der Waals surface area contributed by atoms with Gasteiger partial charge in [0.25, 0.3) is 5.91 Å². The zero-order valence-electron chi connectivity index (χ0n) is 20.8. The van der Waals surface area contributed by atoms with Crippen LogP contribution in [-0.2, 0) is 16.1 Å². The highest BCUT2D eigenvalue weighted by Crippen LogP contribution is 2.26. The number of ether oxygens (including phenoxy) is 1. The third-order valence-electron chi connectivity index (χ3n) is 6.76. The van der Waals surface area contributed by atoms with E-state index < -0.39 is 0 Å². The number of hydrogen-bond acceptors (Lipinski definition) is 5. The Balaban J connectivity index is 1.78. The molecule has 0 aliphatic carbocycles. The Morgan fingerprint density at radius 2 is 1.70 bits per heavy atom. The van der Waals surface area contributed by atoms with E-state index in [9.17, 15) is 9.59 Å². The first-order chi connectivity index (χ1) is 16.0. The molecule has 1 N–H and O–H groups in total. The minimum Gasteiger partial charge on any atom is -0.379 e. The van der Waals surface area contributed by atoms with Crippen LogP contribution in [0.15, 0.2) is 18.2 Å².